The molecule has 90 valence electrons. The van der Waals surface area contributed by atoms with Crippen molar-refractivity contribution in [3.8, 4) is 5.75 Å². The predicted octanol–water partition coefficient (Wildman–Crippen LogP) is 2.61. The van der Waals surface area contributed by atoms with Gasteiger partial charge < -0.3 is 4.74 Å². The maximum atomic E-state index is 12.5. The second kappa shape index (κ2) is 4.68. The van der Waals surface area contributed by atoms with E-state index in [4.69, 9.17) is 22.3 Å². The fourth-order valence-corrected chi connectivity index (χ4v) is 2.58. The monoisotopic (exact) mass is 291 g/mol. The molecule has 0 aliphatic heterocycles. The van der Waals surface area contributed by atoms with Crippen molar-refractivity contribution in [2.75, 3.05) is 7.11 Å². The summed E-state index contributed by atoms with van der Waals surface area (Å²) in [6, 6.07) is 0. The minimum atomic E-state index is -4.42. The molecule has 1 aromatic heterocycles. The molecule has 4 nitrogen and oxygen atoms in total. The molecule has 0 radical (unpaired) electrons. The van der Waals surface area contributed by atoms with E-state index in [1.807, 2.05) is 0 Å². The van der Waals surface area contributed by atoms with Gasteiger partial charge in [-0.3, -0.25) is 4.98 Å². The largest absolute Gasteiger partial charge is 0.494 e. The molecule has 0 fully saturated rings. The zero-order chi connectivity index (χ0) is 12.5. The van der Waals surface area contributed by atoms with Crippen LogP contribution < -0.4 is 4.74 Å². The van der Waals surface area contributed by atoms with Crippen LogP contribution in [-0.4, -0.2) is 20.5 Å². The number of rotatable bonds is 3. The molecule has 0 N–H and O–H groups in total. The molecule has 0 spiro atoms. The van der Waals surface area contributed by atoms with Crippen molar-refractivity contribution in [2.45, 2.75) is 11.3 Å². The summed E-state index contributed by atoms with van der Waals surface area (Å²) in [6.45, 7) is 0. The molecule has 1 heterocycles. The van der Waals surface area contributed by atoms with Crippen LogP contribution in [0.2, 0.25) is 5.02 Å². The fourth-order valence-electron chi connectivity index (χ4n) is 1.05. The van der Waals surface area contributed by atoms with Crippen LogP contribution in [0.1, 0.15) is 12.1 Å². The van der Waals surface area contributed by atoms with Gasteiger partial charge in [-0.15, -0.1) is 0 Å². The minimum absolute atomic E-state index is 0.217. The summed E-state index contributed by atoms with van der Waals surface area (Å²) in [6.07, 6.45) is -2.23. The van der Waals surface area contributed by atoms with E-state index in [0.717, 1.165) is 13.3 Å². The molecular formula is C7H5Cl2F2NO3S. The van der Waals surface area contributed by atoms with Gasteiger partial charge in [0, 0.05) is 16.9 Å². The molecule has 0 saturated carbocycles. The first-order valence-electron chi connectivity index (χ1n) is 3.74. The molecule has 0 aliphatic rings. The number of methoxy groups -OCH3 is 1. The summed E-state index contributed by atoms with van der Waals surface area (Å²) in [5.74, 6) is -0.443. The third kappa shape index (κ3) is 2.53. The predicted molar refractivity (Wildman–Crippen MR) is 53.8 cm³/mol. The average molecular weight is 292 g/mol. The summed E-state index contributed by atoms with van der Waals surface area (Å²) in [5, 5.41) is -0.217. The van der Waals surface area contributed by atoms with E-state index in [1.54, 1.807) is 0 Å². The lowest BCUT2D eigenvalue weighted by molar-refractivity contribution is 0.141. The molecule has 1 aromatic rings. The standard InChI is InChI=1S/C7H5Cl2F2NO3S/c1-15-5-3(8)2-12-4(7(10)11)6(5)16(9,13)14/h2,7H,1H3. The van der Waals surface area contributed by atoms with Crippen LogP contribution in [-0.2, 0) is 9.05 Å². The zero-order valence-electron chi connectivity index (χ0n) is 7.75. The second-order valence-electron chi connectivity index (χ2n) is 2.59. The highest BCUT2D eigenvalue weighted by atomic mass is 35.7. The Bertz CT molecular complexity index is 507. The summed E-state index contributed by atoms with van der Waals surface area (Å²) < 4.78 is 52.0. The van der Waals surface area contributed by atoms with Gasteiger partial charge in [0.05, 0.1) is 7.11 Å². The summed E-state index contributed by atoms with van der Waals surface area (Å²) in [5.41, 5.74) is -0.990. The summed E-state index contributed by atoms with van der Waals surface area (Å²) in [7, 11) is 1.69. The molecule has 0 unspecified atom stereocenters. The highest BCUT2D eigenvalue weighted by Crippen LogP contribution is 2.38. The van der Waals surface area contributed by atoms with E-state index < -0.39 is 31.8 Å². The molecule has 16 heavy (non-hydrogen) atoms. The first-order valence-corrected chi connectivity index (χ1v) is 6.43. The molecule has 0 atom stereocenters. The average Bonchev–Trinajstić information content (AvgIpc) is 2.15. The lowest BCUT2D eigenvalue weighted by Gasteiger charge is -2.11. The van der Waals surface area contributed by atoms with E-state index >= 15 is 0 Å². The van der Waals surface area contributed by atoms with Crippen LogP contribution in [0.15, 0.2) is 11.1 Å². The zero-order valence-corrected chi connectivity index (χ0v) is 10.1. The van der Waals surface area contributed by atoms with Crippen LogP contribution in [0.4, 0.5) is 8.78 Å². The Morgan fingerprint density at radius 3 is 2.44 bits per heavy atom. The highest BCUT2D eigenvalue weighted by molar-refractivity contribution is 8.13. The van der Waals surface area contributed by atoms with Crippen LogP contribution in [0, 0.1) is 0 Å². The smallest absolute Gasteiger partial charge is 0.281 e. The molecule has 1 rings (SSSR count). The number of pyridine rings is 1. The van der Waals surface area contributed by atoms with Crippen molar-refractivity contribution in [1.82, 2.24) is 4.98 Å². The van der Waals surface area contributed by atoms with Crippen molar-refractivity contribution in [2.24, 2.45) is 0 Å². The number of hydrogen-bond donors (Lipinski definition) is 0. The molecule has 0 aromatic carbocycles. The number of alkyl halides is 2. The molecule has 0 saturated heterocycles. The quantitative estimate of drug-likeness (QED) is 0.803. The van der Waals surface area contributed by atoms with E-state index in [2.05, 4.69) is 9.72 Å². The minimum Gasteiger partial charge on any atom is -0.494 e. The maximum absolute atomic E-state index is 12.5. The van der Waals surface area contributed by atoms with Gasteiger partial charge >= 0.3 is 0 Å². The van der Waals surface area contributed by atoms with Gasteiger partial charge in [0.25, 0.3) is 15.5 Å². The van der Waals surface area contributed by atoms with Gasteiger partial charge in [-0.1, -0.05) is 11.6 Å². The fraction of sp³-hybridized carbons (Fsp3) is 0.286. The van der Waals surface area contributed by atoms with Gasteiger partial charge in [0.1, 0.15) is 10.7 Å². The summed E-state index contributed by atoms with van der Waals surface area (Å²) in [4.78, 5) is 2.32. The van der Waals surface area contributed by atoms with Crippen molar-refractivity contribution >= 4 is 31.3 Å². The first-order chi connectivity index (χ1) is 7.29. The van der Waals surface area contributed by atoms with Crippen LogP contribution in [0.3, 0.4) is 0 Å². The molecule has 0 bridgehead atoms. The van der Waals surface area contributed by atoms with E-state index in [9.17, 15) is 17.2 Å². The van der Waals surface area contributed by atoms with E-state index in [-0.39, 0.29) is 5.02 Å². The molecule has 0 aliphatic carbocycles. The Kier molecular flexibility index (Phi) is 3.92. The van der Waals surface area contributed by atoms with Gasteiger partial charge in [-0.2, -0.15) is 0 Å². The van der Waals surface area contributed by atoms with Crippen molar-refractivity contribution < 1.29 is 21.9 Å². The third-order valence-electron chi connectivity index (χ3n) is 1.63. The Balaban J connectivity index is 3.68. The Morgan fingerprint density at radius 2 is 2.06 bits per heavy atom. The Hall–Kier alpha value is -0.660. The first kappa shape index (κ1) is 13.4. The van der Waals surface area contributed by atoms with Gasteiger partial charge in [-0.25, -0.2) is 17.2 Å². The summed E-state index contributed by atoms with van der Waals surface area (Å²) >= 11 is 5.56. The van der Waals surface area contributed by atoms with Crippen LogP contribution in [0.25, 0.3) is 0 Å². The van der Waals surface area contributed by atoms with Gasteiger partial charge in [0.15, 0.2) is 10.6 Å². The normalized spacial score (nSPS) is 11.9. The van der Waals surface area contributed by atoms with Gasteiger partial charge in [0.2, 0.25) is 0 Å². The topological polar surface area (TPSA) is 56.3 Å². The van der Waals surface area contributed by atoms with Crippen molar-refractivity contribution in [3.63, 3.8) is 0 Å². The second-order valence-corrected chi connectivity index (χ2v) is 5.50. The van der Waals surface area contributed by atoms with Gasteiger partial charge in [-0.05, 0) is 0 Å². The van der Waals surface area contributed by atoms with E-state index in [1.165, 1.54) is 0 Å². The Labute approximate surface area is 99.6 Å². The van der Waals surface area contributed by atoms with Crippen molar-refractivity contribution in [3.05, 3.63) is 16.9 Å². The lowest BCUT2D eigenvalue weighted by Crippen LogP contribution is -2.05. The lowest BCUT2D eigenvalue weighted by atomic mass is 10.3. The third-order valence-corrected chi connectivity index (χ3v) is 3.24. The van der Waals surface area contributed by atoms with Crippen LogP contribution in [0.5, 0.6) is 5.75 Å². The SMILES string of the molecule is COc1c(Cl)cnc(C(F)F)c1S(=O)(=O)Cl. The number of nitrogens with zero attached hydrogens (tertiary/aromatic N) is 1. The van der Waals surface area contributed by atoms with Crippen molar-refractivity contribution in [1.29, 1.82) is 0 Å². The number of halogens is 4. The number of hydrogen-bond acceptors (Lipinski definition) is 4. The van der Waals surface area contributed by atoms with E-state index in [0.29, 0.717) is 0 Å². The Morgan fingerprint density at radius 1 is 1.50 bits per heavy atom. The molecule has 0 amide bonds. The molecule has 9 heteroatoms. The number of ether oxygens (including phenoxy) is 1. The molecular weight excluding hydrogens is 287 g/mol. The maximum Gasteiger partial charge on any atom is 0.281 e. The van der Waals surface area contributed by atoms with Crippen LogP contribution >= 0.6 is 22.3 Å². The number of aromatic nitrogens is 1. The highest BCUT2D eigenvalue weighted by Gasteiger charge is 2.29.